The Hall–Kier alpha value is -0.650. The van der Waals surface area contributed by atoms with Crippen molar-refractivity contribution in [3.63, 3.8) is 0 Å². The van der Waals surface area contributed by atoms with Crippen LogP contribution >= 0.6 is 0 Å². The lowest BCUT2D eigenvalue weighted by Crippen LogP contribution is -2.53. The van der Waals surface area contributed by atoms with Crippen molar-refractivity contribution < 1.29 is 14.6 Å². The van der Waals surface area contributed by atoms with E-state index in [4.69, 9.17) is 9.84 Å². The number of morpholine rings is 1. The second kappa shape index (κ2) is 5.16. The Balaban J connectivity index is 2.29. The van der Waals surface area contributed by atoms with Crippen molar-refractivity contribution in [2.45, 2.75) is 19.0 Å². The van der Waals surface area contributed by atoms with Crippen molar-refractivity contribution in [1.29, 1.82) is 0 Å². The standard InChI is InChI=1S/C8H16N2O3/c1-6(4-11)10-8(12)7-5-13-3-2-9-7/h6-7,9,11H,2-5H2,1H3,(H,10,12)/t6-,7?/m0/s1. The van der Waals surface area contributed by atoms with Crippen LogP contribution in [0.25, 0.3) is 0 Å². The molecule has 1 rings (SSSR count). The first-order valence-corrected chi connectivity index (χ1v) is 4.46. The summed E-state index contributed by atoms with van der Waals surface area (Å²) in [4.78, 5) is 11.4. The van der Waals surface area contributed by atoms with Crippen LogP contribution in [0.15, 0.2) is 0 Å². The molecule has 0 spiro atoms. The largest absolute Gasteiger partial charge is 0.394 e. The third kappa shape index (κ3) is 3.30. The van der Waals surface area contributed by atoms with Gasteiger partial charge in [0, 0.05) is 12.6 Å². The summed E-state index contributed by atoms with van der Waals surface area (Å²) in [6.07, 6.45) is 0. The predicted octanol–water partition coefficient (Wildman–Crippen LogP) is -1.53. The van der Waals surface area contributed by atoms with E-state index in [-0.39, 0.29) is 24.6 Å². The van der Waals surface area contributed by atoms with Gasteiger partial charge in [-0.05, 0) is 6.92 Å². The van der Waals surface area contributed by atoms with Gasteiger partial charge in [0.05, 0.1) is 19.8 Å². The highest BCUT2D eigenvalue weighted by Crippen LogP contribution is 1.93. The second-order valence-electron chi connectivity index (χ2n) is 3.17. The van der Waals surface area contributed by atoms with E-state index in [1.807, 2.05) is 0 Å². The summed E-state index contributed by atoms with van der Waals surface area (Å²) in [5.74, 6) is -0.110. The third-order valence-corrected chi connectivity index (χ3v) is 1.90. The molecule has 76 valence electrons. The summed E-state index contributed by atoms with van der Waals surface area (Å²) < 4.78 is 5.13. The summed E-state index contributed by atoms with van der Waals surface area (Å²) >= 11 is 0. The summed E-state index contributed by atoms with van der Waals surface area (Å²) in [6.45, 7) is 3.47. The molecular formula is C8H16N2O3. The summed E-state index contributed by atoms with van der Waals surface area (Å²) in [7, 11) is 0. The molecule has 5 heteroatoms. The first-order valence-electron chi connectivity index (χ1n) is 4.46. The van der Waals surface area contributed by atoms with E-state index in [0.29, 0.717) is 19.8 Å². The molecule has 0 radical (unpaired) electrons. The lowest BCUT2D eigenvalue weighted by Gasteiger charge is -2.24. The third-order valence-electron chi connectivity index (χ3n) is 1.90. The van der Waals surface area contributed by atoms with Crippen molar-refractivity contribution in [1.82, 2.24) is 10.6 Å². The molecular weight excluding hydrogens is 172 g/mol. The van der Waals surface area contributed by atoms with Crippen molar-refractivity contribution >= 4 is 5.91 Å². The van der Waals surface area contributed by atoms with Gasteiger partial charge in [0.1, 0.15) is 6.04 Å². The first kappa shape index (κ1) is 10.4. The Morgan fingerprint density at radius 3 is 3.15 bits per heavy atom. The first-order chi connectivity index (χ1) is 6.24. The number of carbonyl (C=O) groups excluding carboxylic acids is 1. The van der Waals surface area contributed by atoms with Gasteiger partial charge in [-0.25, -0.2) is 0 Å². The molecule has 1 fully saturated rings. The molecule has 0 aliphatic carbocycles. The molecule has 0 aromatic carbocycles. The molecule has 1 saturated heterocycles. The number of hydrogen-bond donors (Lipinski definition) is 3. The SMILES string of the molecule is C[C@@H](CO)NC(=O)C1COCCN1. The van der Waals surface area contributed by atoms with Crippen LogP contribution in [0, 0.1) is 0 Å². The minimum absolute atomic E-state index is 0.0423. The predicted molar refractivity (Wildman–Crippen MR) is 47.3 cm³/mol. The van der Waals surface area contributed by atoms with Crippen LogP contribution in [0.1, 0.15) is 6.92 Å². The lowest BCUT2D eigenvalue weighted by atomic mass is 10.2. The molecule has 1 aliphatic heterocycles. The molecule has 5 nitrogen and oxygen atoms in total. The number of carbonyl (C=O) groups is 1. The van der Waals surface area contributed by atoms with Gasteiger partial charge >= 0.3 is 0 Å². The van der Waals surface area contributed by atoms with Gasteiger partial charge in [-0.15, -0.1) is 0 Å². The Kier molecular flexibility index (Phi) is 4.14. The Morgan fingerprint density at radius 1 is 1.85 bits per heavy atom. The smallest absolute Gasteiger partial charge is 0.239 e. The van der Waals surface area contributed by atoms with Crippen molar-refractivity contribution in [2.24, 2.45) is 0 Å². The molecule has 3 N–H and O–H groups in total. The number of amides is 1. The van der Waals surface area contributed by atoms with Gasteiger partial charge in [-0.2, -0.15) is 0 Å². The summed E-state index contributed by atoms with van der Waals surface area (Å²) in [5.41, 5.74) is 0. The van der Waals surface area contributed by atoms with Gasteiger partial charge < -0.3 is 20.5 Å². The van der Waals surface area contributed by atoms with Crippen molar-refractivity contribution in [2.75, 3.05) is 26.4 Å². The monoisotopic (exact) mass is 188 g/mol. The van der Waals surface area contributed by atoms with Crippen LogP contribution in [-0.2, 0) is 9.53 Å². The average molecular weight is 188 g/mol. The van der Waals surface area contributed by atoms with Gasteiger partial charge in [-0.3, -0.25) is 4.79 Å². The van der Waals surface area contributed by atoms with E-state index in [9.17, 15) is 4.79 Å². The highest BCUT2D eigenvalue weighted by atomic mass is 16.5. The van der Waals surface area contributed by atoms with Crippen molar-refractivity contribution in [3.05, 3.63) is 0 Å². The zero-order valence-electron chi connectivity index (χ0n) is 7.75. The zero-order valence-corrected chi connectivity index (χ0v) is 7.75. The molecule has 0 aromatic rings. The highest BCUT2D eigenvalue weighted by molar-refractivity contribution is 5.82. The number of rotatable bonds is 3. The van der Waals surface area contributed by atoms with E-state index >= 15 is 0 Å². The number of aliphatic hydroxyl groups is 1. The maximum atomic E-state index is 11.4. The van der Waals surface area contributed by atoms with E-state index < -0.39 is 0 Å². The molecule has 13 heavy (non-hydrogen) atoms. The Bertz CT molecular complexity index is 169. The Morgan fingerprint density at radius 2 is 2.62 bits per heavy atom. The van der Waals surface area contributed by atoms with E-state index in [0.717, 1.165) is 0 Å². The summed E-state index contributed by atoms with van der Waals surface area (Å²) in [5, 5.41) is 14.4. The average Bonchev–Trinajstić information content (AvgIpc) is 2.19. The minimum Gasteiger partial charge on any atom is -0.394 e. The van der Waals surface area contributed by atoms with Crippen LogP contribution in [0.4, 0.5) is 0 Å². The van der Waals surface area contributed by atoms with Crippen LogP contribution in [0.3, 0.4) is 0 Å². The highest BCUT2D eigenvalue weighted by Gasteiger charge is 2.21. The van der Waals surface area contributed by atoms with Gasteiger partial charge in [0.25, 0.3) is 0 Å². The van der Waals surface area contributed by atoms with E-state index in [1.165, 1.54) is 0 Å². The van der Waals surface area contributed by atoms with Crippen LogP contribution in [0.5, 0.6) is 0 Å². The Labute approximate surface area is 77.5 Å². The number of ether oxygens (including phenoxy) is 1. The van der Waals surface area contributed by atoms with Crippen LogP contribution in [-0.4, -0.2) is 49.5 Å². The second-order valence-corrected chi connectivity index (χ2v) is 3.17. The summed E-state index contributed by atoms with van der Waals surface area (Å²) in [6, 6.07) is -0.473. The molecule has 1 unspecified atom stereocenters. The van der Waals surface area contributed by atoms with Crippen LogP contribution in [0.2, 0.25) is 0 Å². The minimum atomic E-state index is -0.275. The van der Waals surface area contributed by atoms with E-state index in [2.05, 4.69) is 10.6 Å². The maximum absolute atomic E-state index is 11.4. The molecule has 1 amide bonds. The molecule has 2 atom stereocenters. The molecule has 1 aliphatic rings. The molecule has 0 bridgehead atoms. The maximum Gasteiger partial charge on any atom is 0.239 e. The fraction of sp³-hybridized carbons (Fsp3) is 0.875. The van der Waals surface area contributed by atoms with Gasteiger partial charge in [0.15, 0.2) is 0 Å². The molecule has 1 heterocycles. The van der Waals surface area contributed by atoms with Crippen LogP contribution < -0.4 is 10.6 Å². The van der Waals surface area contributed by atoms with Crippen molar-refractivity contribution in [3.8, 4) is 0 Å². The van der Waals surface area contributed by atoms with E-state index in [1.54, 1.807) is 6.92 Å². The normalized spacial score (nSPS) is 25.2. The fourth-order valence-electron chi connectivity index (χ4n) is 1.12. The quantitative estimate of drug-likeness (QED) is 0.502. The van der Waals surface area contributed by atoms with Gasteiger partial charge in [0.2, 0.25) is 5.91 Å². The lowest BCUT2D eigenvalue weighted by molar-refractivity contribution is -0.126. The van der Waals surface area contributed by atoms with Gasteiger partial charge in [-0.1, -0.05) is 0 Å². The number of aliphatic hydroxyl groups excluding tert-OH is 1. The zero-order chi connectivity index (χ0) is 9.68. The number of nitrogens with one attached hydrogen (secondary N) is 2. The molecule has 0 saturated carbocycles. The number of hydrogen-bond acceptors (Lipinski definition) is 4. The topological polar surface area (TPSA) is 70.6 Å². The fourth-order valence-corrected chi connectivity index (χ4v) is 1.12. The molecule has 0 aromatic heterocycles.